The summed E-state index contributed by atoms with van der Waals surface area (Å²) in [4.78, 5) is 9.71. The Balaban J connectivity index is 0. The topological polar surface area (TPSA) is 55.1 Å². The van der Waals surface area contributed by atoms with Crippen LogP contribution in [0.5, 0.6) is 0 Å². The first-order valence-electron chi connectivity index (χ1n) is 1.80. The molecule has 0 aromatic rings. The minimum atomic E-state index is -0.461. The fourth-order valence-corrected chi connectivity index (χ4v) is 0.174. The summed E-state index contributed by atoms with van der Waals surface area (Å²) in [7, 11) is 0. The van der Waals surface area contributed by atoms with E-state index in [1.165, 1.54) is 0 Å². The molecule has 4 heteroatoms. The highest BCUT2D eigenvalue weighted by Crippen LogP contribution is 1.49. The van der Waals surface area contributed by atoms with Crippen LogP contribution in [0.2, 0.25) is 0 Å². The van der Waals surface area contributed by atoms with E-state index >= 15 is 0 Å². The minimum absolute atomic E-state index is 0. The van der Waals surface area contributed by atoms with E-state index in [-0.39, 0.29) is 17.0 Å². The molecule has 0 saturated carbocycles. The van der Waals surface area contributed by atoms with Gasteiger partial charge in [-0.15, -0.1) is 17.0 Å². The van der Waals surface area contributed by atoms with Crippen LogP contribution < -0.4 is 11.1 Å². The SMILES string of the molecule is Br.CCNC(N)=O. The van der Waals surface area contributed by atoms with Crippen molar-refractivity contribution in [1.29, 1.82) is 0 Å². The van der Waals surface area contributed by atoms with Gasteiger partial charge in [0.1, 0.15) is 0 Å². The van der Waals surface area contributed by atoms with Crippen molar-refractivity contribution in [2.24, 2.45) is 5.73 Å². The lowest BCUT2D eigenvalue weighted by Crippen LogP contribution is -2.28. The third-order valence-electron chi connectivity index (χ3n) is 0.351. The van der Waals surface area contributed by atoms with Gasteiger partial charge in [0.25, 0.3) is 0 Å². The van der Waals surface area contributed by atoms with Crippen LogP contribution in [0, 0.1) is 0 Å². The van der Waals surface area contributed by atoms with Crippen molar-refractivity contribution in [2.75, 3.05) is 6.54 Å². The fourth-order valence-electron chi connectivity index (χ4n) is 0.174. The summed E-state index contributed by atoms with van der Waals surface area (Å²) in [5.74, 6) is 0. The average Bonchev–Trinajstić information content (AvgIpc) is 1.35. The maximum absolute atomic E-state index is 9.71. The lowest BCUT2D eigenvalue weighted by Gasteiger charge is -1.88. The van der Waals surface area contributed by atoms with Gasteiger partial charge in [0, 0.05) is 6.54 Å². The van der Waals surface area contributed by atoms with Crippen molar-refractivity contribution in [3.05, 3.63) is 0 Å². The molecule has 0 aliphatic carbocycles. The minimum Gasteiger partial charge on any atom is -0.352 e. The first-order valence-corrected chi connectivity index (χ1v) is 1.80. The summed E-state index contributed by atoms with van der Waals surface area (Å²) in [6, 6.07) is -0.461. The number of nitrogens with one attached hydrogen (secondary N) is 1. The summed E-state index contributed by atoms with van der Waals surface area (Å²) >= 11 is 0. The number of carbonyl (C=O) groups excluding carboxylic acids is 1. The molecule has 0 saturated heterocycles. The van der Waals surface area contributed by atoms with Crippen LogP contribution in [0.15, 0.2) is 0 Å². The molecule has 0 rings (SSSR count). The lowest BCUT2D eigenvalue weighted by atomic mass is 10.7. The molecule has 44 valence electrons. The number of carbonyl (C=O) groups is 1. The van der Waals surface area contributed by atoms with Gasteiger partial charge in [-0.1, -0.05) is 0 Å². The molecule has 0 aromatic carbocycles. The maximum atomic E-state index is 9.71. The molecule has 0 fully saturated rings. The number of urea groups is 1. The van der Waals surface area contributed by atoms with Gasteiger partial charge in [0.2, 0.25) is 0 Å². The number of amides is 2. The van der Waals surface area contributed by atoms with Gasteiger partial charge in [-0.25, -0.2) is 4.79 Å². The summed E-state index contributed by atoms with van der Waals surface area (Å²) in [5, 5.41) is 2.35. The van der Waals surface area contributed by atoms with Gasteiger partial charge in [-0.2, -0.15) is 0 Å². The molecular formula is C3H9BrN2O. The molecular weight excluding hydrogens is 160 g/mol. The van der Waals surface area contributed by atoms with Crippen LogP contribution in [0.1, 0.15) is 6.92 Å². The number of rotatable bonds is 1. The second-order valence-corrected chi connectivity index (χ2v) is 0.895. The van der Waals surface area contributed by atoms with Gasteiger partial charge in [-0.05, 0) is 6.92 Å². The number of halogens is 1. The van der Waals surface area contributed by atoms with Crippen molar-refractivity contribution in [3.63, 3.8) is 0 Å². The zero-order valence-corrected chi connectivity index (χ0v) is 5.81. The van der Waals surface area contributed by atoms with Gasteiger partial charge >= 0.3 is 6.03 Å². The van der Waals surface area contributed by atoms with Gasteiger partial charge in [0.05, 0.1) is 0 Å². The molecule has 0 radical (unpaired) electrons. The smallest absolute Gasteiger partial charge is 0.312 e. The summed E-state index contributed by atoms with van der Waals surface area (Å²) in [6.45, 7) is 2.42. The molecule has 0 aliphatic rings. The predicted octanol–water partition coefficient (Wildman–Crippen LogP) is 0.253. The zero-order valence-electron chi connectivity index (χ0n) is 4.10. The van der Waals surface area contributed by atoms with Gasteiger partial charge < -0.3 is 11.1 Å². The number of hydrogen-bond acceptors (Lipinski definition) is 1. The van der Waals surface area contributed by atoms with Crippen LogP contribution >= 0.6 is 17.0 Å². The molecule has 3 N–H and O–H groups in total. The van der Waals surface area contributed by atoms with Gasteiger partial charge in [-0.3, -0.25) is 0 Å². The summed E-state index contributed by atoms with van der Waals surface area (Å²) < 4.78 is 0. The molecule has 0 aromatic heterocycles. The highest BCUT2D eigenvalue weighted by atomic mass is 79.9. The first-order chi connectivity index (χ1) is 2.77. The van der Waals surface area contributed by atoms with Gasteiger partial charge in [0.15, 0.2) is 0 Å². The average molecular weight is 169 g/mol. The standard InChI is InChI=1S/C3H8N2O.BrH/c1-2-5-3(4)6;/h2H2,1H3,(H3,4,5,6);1H. The monoisotopic (exact) mass is 168 g/mol. The number of nitrogens with two attached hydrogens (primary N) is 1. The molecule has 0 unspecified atom stereocenters. The van der Waals surface area contributed by atoms with Crippen molar-refractivity contribution < 1.29 is 4.79 Å². The molecule has 7 heavy (non-hydrogen) atoms. The largest absolute Gasteiger partial charge is 0.352 e. The molecule has 0 aliphatic heterocycles. The van der Waals surface area contributed by atoms with Crippen molar-refractivity contribution in [2.45, 2.75) is 6.92 Å². The Hall–Kier alpha value is -0.250. The maximum Gasteiger partial charge on any atom is 0.312 e. The van der Waals surface area contributed by atoms with E-state index in [1.54, 1.807) is 0 Å². The highest BCUT2D eigenvalue weighted by Gasteiger charge is 1.79. The van der Waals surface area contributed by atoms with Crippen LogP contribution in [-0.4, -0.2) is 12.6 Å². The van der Waals surface area contributed by atoms with Crippen molar-refractivity contribution in [1.82, 2.24) is 5.32 Å². The van der Waals surface area contributed by atoms with Crippen molar-refractivity contribution in [3.8, 4) is 0 Å². The normalized spacial score (nSPS) is 6.43. The van der Waals surface area contributed by atoms with Crippen LogP contribution in [0.25, 0.3) is 0 Å². The Kier molecular flexibility index (Phi) is 8.12. The summed E-state index contributed by atoms with van der Waals surface area (Å²) in [5.41, 5.74) is 4.65. The Morgan fingerprint density at radius 2 is 2.29 bits per heavy atom. The van der Waals surface area contributed by atoms with Crippen molar-refractivity contribution >= 4 is 23.0 Å². The van der Waals surface area contributed by atoms with E-state index in [2.05, 4.69) is 11.1 Å². The first kappa shape index (κ1) is 9.89. The quantitative estimate of drug-likeness (QED) is 0.580. The van der Waals surface area contributed by atoms with E-state index < -0.39 is 6.03 Å². The fraction of sp³-hybridized carbons (Fsp3) is 0.667. The van der Waals surface area contributed by atoms with E-state index in [9.17, 15) is 4.79 Å². The third kappa shape index (κ3) is 10.7. The Morgan fingerprint density at radius 1 is 1.86 bits per heavy atom. The third-order valence-corrected chi connectivity index (χ3v) is 0.351. The molecule has 0 bridgehead atoms. The molecule has 2 amide bonds. The van der Waals surface area contributed by atoms with E-state index in [0.717, 1.165) is 0 Å². The Morgan fingerprint density at radius 3 is 2.29 bits per heavy atom. The zero-order chi connectivity index (χ0) is 4.99. The Bertz CT molecular complexity index is 56.9. The van der Waals surface area contributed by atoms with E-state index in [1.807, 2.05) is 6.92 Å². The van der Waals surface area contributed by atoms with E-state index in [0.29, 0.717) is 6.54 Å². The van der Waals surface area contributed by atoms with Crippen LogP contribution in [-0.2, 0) is 0 Å². The Labute approximate surface area is 53.0 Å². The second kappa shape index (κ2) is 5.75. The molecule has 3 nitrogen and oxygen atoms in total. The molecule has 0 spiro atoms. The number of primary amides is 1. The molecule has 0 heterocycles. The predicted molar refractivity (Wildman–Crippen MR) is 33.6 cm³/mol. The van der Waals surface area contributed by atoms with Crippen LogP contribution in [0.4, 0.5) is 4.79 Å². The molecule has 0 atom stereocenters. The van der Waals surface area contributed by atoms with Crippen LogP contribution in [0.3, 0.4) is 0 Å². The lowest BCUT2D eigenvalue weighted by molar-refractivity contribution is 0.249. The highest BCUT2D eigenvalue weighted by molar-refractivity contribution is 8.93. The van der Waals surface area contributed by atoms with E-state index in [4.69, 9.17) is 0 Å². The summed E-state index contributed by atoms with van der Waals surface area (Å²) in [6.07, 6.45) is 0. The number of hydrogen-bond donors (Lipinski definition) is 2. The second-order valence-electron chi connectivity index (χ2n) is 0.895.